The number of hydrogen-bond donors (Lipinski definition) is 3. The molecule has 0 heterocycles. The Morgan fingerprint density at radius 1 is 0.600 bits per heavy atom. The van der Waals surface area contributed by atoms with E-state index < -0.39 is 15.0 Å². The molecule has 10 nitrogen and oxygen atoms in total. The van der Waals surface area contributed by atoms with Crippen LogP contribution in [0.15, 0.2) is 122 Å². The Balaban J connectivity index is 0.00000370. The van der Waals surface area contributed by atoms with Crippen molar-refractivity contribution in [1.82, 2.24) is 0 Å². The van der Waals surface area contributed by atoms with Crippen LogP contribution in [-0.4, -0.2) is 13.0 Å². The molecule has 0 saturated carbocycles. The molecule has 0 unspecified atom stereocenters. The Morgan fingerprint density at radius 3 is 1.65 bits per heavy atom. The molecule has 194 valence electrons. The first kappa shape index (κ1) is 28.9. The van der Waals surface area contributed by atoms with Gasteiger partial charge >= 0.3 is 29.6 Å². The van der Waals surface area contributed by atoms with Gasteiger partial charge in [-0.3, -0.25) is 0 Å². The van der Waals surface area contributed by atoms with E-state index in [-0.39, 0.29) is 46.3 Å². The van der Waals surface area contributed by atoms with Crippen molar-refractivity contribution in [1.29, 1.82) is 0 Å². The largest absolute Gasteiger partial charge is 1.00 e. The van der Waals surface area contributed by atoms with Crippen LogP contribution in [0.3, 0.4) is 0 Å². The molecule has 5 rings (SSSR count). The molecular formula is C28H22N7NaO3S. The van der Waals surface area contributed by atoms with Crippen LogP contribution in [0.25, 0.3) is 21.9 Å². The average Bonchev–Trinajstić information content (AvgIpc) is 2.92. The van der Waals surface area contributed by atoms with Crippen molar-refractivity contribution in [2.75, 3.05) is 17.2 Å². The number of azo groups is 2. The zero-order chi connectivity index (χ0) is 27.6. The minimum Gasteiger partial charge on any atom is -0.744 e. The van der Waals surface area contributed by atoms with Crippen LogP contribution in [0.5, 0.6) is 0 Å². The number of benzene rings is 5. The number of nitrogens with zero attached hydrogens (tertiary/aromatic N) is 4. The summed E-state index contributed by atoms with van der Waals surface area (Å²) in [7, 11) is -4.74. The maximum absolute atomic E-state index is 11.8. The zero-order valence-electron chi connectivity index (χ0n) is 21.4. The van der Waals surface area contributed by atoms with E-state index in [2.05, 4.69) is 20.5 Å². The standard InChI is InChI=1S/C28H23N7O3S.Na/c29-19-9-14-25(24(30)15-19)34-32-20-10-5-17(6-11-20)18-7-12-21(13-8-18)33-35-26-16-27(39(36,37)38)22-3-1-2-4-23(22)28(26)31;/h1-16H,29-31H2,(H,36,37,38);/q;+1/p-1. The van der Waals surface area contributed by atoms with Gasteiger partial charge in [0, 0.05) is 16.5 Å². The quantitative estimate of drug-likeness (QED) is 0.122. The van der Waals surface area contributed by atoms with Gasteiger partial charge in [0.1, 0.15) is 21.5 Å². The molecule has 0 saturated heterocycles. The van der Waals surface area contributed by atoms with Gasteiger partial charge in [0.05, 0.1) is 27.6 Å². The fraction of sp³-hybridized carbons (Fsp3) is 0. The van der Waals surface area contributed by atoms with Crippen LogP contribution in [0, 0.1) is 0 Å². The third-order valence-electron chi connectivity index (χ3n) is 5.96. The van der Waals surface area contributed by atoms with Crippen molar-refractivity contribution >= 4 is 60.7 Å². The number of hydrogen-bond acceptors (Lipinski definition) is 10. The summed E-state index contributed by atoms with van der Waals surface area (Å²) in [4.78, 5) is -0.392. The molecule has 0 bridgehead atoms. The van der Waals surface area contributed by atoms with Gasteiger partial charge in [0.25, 0.3) is 0 Å². The molecule has 0 radical (unpaired) electrons. The van der Waals surface area contributed by atoms with Crippen LogP contribution in [0.4, 0.5) is 39.8 Å². The Hall–Kier alpha value is -4.13. The number of fused-ring (bicyclic) bond motifs is 1. The Labute approximate surface area is 252 Å². The van der Waals surface area contributed by atoms with Gasteiger partial charge in [0.15, 0.2) is 0 Å². The number of rotatable bonds is 6. The summed E-state index contributed by atoms with van der Waals surface area (Å²) >= 11 is 0. The second-order valence-corrected chi connectivity index (χ2v) is 9.97. The molecule has 5 aromatic carbocycles. The maximum Gasteiger partial charge on any atom is 1.00 e. The summed E-state index contributed by atoms with van der Waals surface area (Å²) < 4.78 is 35.4. The molecule has 12 heteroatoms. The van der Waals surface area contributed by atoms with Gasteiger partial charge in [-0.2, -0.15) is 10.2 Å². The molecule has 5 aromatic rings. The van der Waals surface area contributed by atoms with Gasteiger partial charge < -0.3 is 21.8 Å². The molecule has 6 N–H and O–H groups in total. The van der Waals surface area contributed by atoms with Gasteiger partial charge in [-0.15, -0.1) is 10.2 Å². The Morgan fingerprint density at radius 2 is 1.12 bits per heavy atom. The molecule has 0 aliphatic carbocycles. The summed E-state index contributed by atoms with van der Waals surface area (Å²) in [5.74, 6) is 0. The van der Waals surface area contributed by atoms with E-state index >= 15 is 0 Å². The first-order valence-electron chi connectivity index (χ1n) is 11.7. The van der Waals surface area contributed by atoms with Crippen LogP contribution in [-0.2, 0) is 10.1 Å². The number of nitrogen functional groups attached to an aromatic ring is 3. The van der Waals surface area contributed by atoms with E-state index in [1.165, 1.54) is 6.07 Å². The molecule has 0 fully saturated rings. The molecule has 0 aliphatic rings. The molecule has 0 amide bonds. The monoisotopic (exact) mass is 559 g/mol. The second kappa shape index (κ2) is 11.9. The first-order valence-corrected chi connectivity index (χ1v) is 13.1. The average molecular weight is 560 g/mol. The van der Waals surface area contributed by atoms with Crippen molar-refractivity contribution < 1.29 is 42.5 Å². The van der Waals surface area contributed by atoms with E-state index in [0.717, 1.165) is 17.2 Å². The van der Waals surface area contributed by atoms with E-state index in [1.54, 1.807) is 48.5 Å². The molecule has 40 heavy (non-hydrogen) atoms. The predicted octanol–water partition coefficient (Wildman–Crippen LogP) is 3.99. The van der Waals surface area contributed by atoms with Crippen molar-refractivity contribution in [2.24, 2.45) is 20.5 Å². The van der Waals surface area contributed by atoms with Gasteiger partial charge in [-0.1, -0.05) is 48.5 Å². The van der Waals surface area contributed by atoms with Gasteiger partial charge in [-0.05, 0) is 59.7 Å². The smallest absolute Gasteiger partial charge is 0.744 e. The van der Waals surface area contributed by atoms with Crippen LogP contribution < -0.4 is 46.8 Å². The molecule has 0 atom stereocenters. The van der Waals surface area contributed by atoms with E-state index in [4.69, 9.17) is 17.2 Å². The second-order valence-electron chi connectivity index (χ2n) is 8.62. The van der Waals surface area contributed by atoms with E-state index in [0.29, 0.717) is 33.8 Å². The molecular weight excluding hydrogens is 537 g/mol. The fourth-order valence-corrected chi connectivity index (χ4v) is 4.67. The minimum atomic E-state index is -4.74. The predicted molar refractivity (Wildman–Crippen MR) is 152 cm³/mol. The van der Waals surface area contributed by atoms with Crippen molar-refractivity contribution in [3.63, 3.8) is 0 Å². The fourth-order valence-electron chi connectivity index (χ4n) is 3.97. The van der Waals surface area contributed by atoms with Crippen LogP contribution >= 0.6 is 0 Å². The molecule has 0 spiro atoms. The van der Waals surface area contributed by atoms with Crippen molar-refractivity contribution in [3.8, 4) is 11.1 Å². The number of anilines is 3. The normalized spacial score (nSPS) is 11.7. The summed E-state index contributed by atoms with van der Waals surface area (Å²) in [5.41, 5.74) is 22.8. The Bertz CT molecular complexity index is 1860. The van der Waals surface area contributed by atoms with Gasteiger partial charge in [0.2, 0.25) is 0 Å². The van der Waals surface area contributed by atoms with Crippen LogP contribution in [0.2, 0.25) is 0 Å². The third-order valence-corrected chi connectivity index (χ3v) is 6.84. The molecule has 0 aliphatic heterocycles. The summed E-state index contributed by atoms with van der Waals surface area (Å²) in [6, 6.07) is 27.5. The maximum atomic E-state index is 11.8. The summed E-state index contributed by atoms with van der Waals surface area (Å²) in [6.07, 6.45) is 0. The summed E-state index contributed by atoms with van der Waals surface area (Å²) in [6.45, 7) is 0. The zero-order valence-corrected chi connectivity index (χ0v) is 24.2. The van der Waals surface area contributed by atoms with Gasteiger partial charge in [-0.25, -0.2) is 8.42 Å². The van der Waals surface area contributed by atoms with Crippen LogP contribution in [0.1, 0.15) is 0 Å². The van der Waals surface area contributed by atoms with E-state index in [9.17, 15) is 13.0 Å². The topological polar surface area (TPSA) is 185 Å². The van der Waals surface area contributed by atoms with Crippen molar-refractivity contribution in [2.45, 2.75) is 4.90 Å². The SMILES string of the molecule is Nc1ccc(N=Nc2ccc(-c3ccc(N=Nc4cc(S(=O)(=O)[O-])c5ccccc5c4N)cc3)cc2)c(N)c1.[Na+]. The first-order chi connectivity index (χ1) is 18.7. The number of nitrogens with two attached hydrogens (primary N) is 3. The van der Waals surface area contributed by atoms with Crippen molar-refractivity contribution in [3.05, 3.63) is 97.1 Å². The summed E-state index contributed by atoms with van der Waals surface area (Å²) in [5, 5.41) is 17.4. The minimum absolute atomic E-state index is 0. The Kier molecular flexibility index (Phi) is 8.62. The molecule has 0 aromatic heterocycles. The third kappa shape index (κ3) is 6.36. The van der Waals surface area contributed by atoms with E-state index in [1.807, 2.05) is 36.4 Å².